The molecule has 2 atom stereocenters. The number of thiol groups is 1. The molecule has 1 saturated heterocycles. The van der Waals surface area contributed by atoms with Gasteiger partial charge in [0.2, 0.25) is 5.91 Å². The minimum Gasteiger partial charge on any atom is -0.378 e. The van der Waals surface area contributed by atoms with Crippen molar-refractivity contribution in [2.45, 2.75) is 31.1 Å². The Morgan fingerprint density at radius 3 is 2.75 bits per heavy atom. The van der Waals surface area contributed by atoms with Gasteiger partial charge in [0.15, 0.2) is 0 Å². The molecule has 1 heterocycles. The molecule has 0 aliphatic carbocycles. The monoisotopic (exact) mass is 247 g/mol. The Labute approximate surface area is 102 Å². The molecular weight excluding hydrogens is 226 g/mol. The Kier molecular flexibility index (Phi) is 5.08. The molecule has 2 unspecified atom stereocenters. The third-order valence-electron chi connectivity index (χ3n) is 2.99. The summed E-state index contributed by atoms with van der Waals surface area (Å²) in [6.07, 6.45) is 0.822. The molecule has 16 heavy (non-hydrogen) atoms. The molecule has 0 aromatic rings. The van der Waals surface area contributed by atoms with Crippen molar-refractivity contribution < 1.29 is 14.3 Å². The largest absolute Gasteiger partial charge is 0.378 e. The fourth-order valence-corrected chi connectivity index (χ4v) is 1.71. The molecule has 0 aromatic carbocycles. The molecule has 0 saturated carbocycles. The van der Waals surface area contributed by atoms with Crippen LogP contribution in [-0.4, -0.2) is 43.6 Å². The molecule has 0 spiro atoms. The first-order valence-corrected chi connectivity index (χ1v) is 6.11. The second-order valence-electron chi connectivity index (χ2n) is 4.60. The molecule has 1 aliphatic rings. The molecule has 0 radical (unpaired) electrons. The average Bonchev–Trinajstić information content (AvgIpc) is 2.74. The van der Waals surface area contributed by atoms with Gasteiger partial charge in [0.1, 0.15) is 5.60 Å². The van der Waals surface area contributed by atoms with Crippen molar-refractivity contribution in [2.75, 3.05) is 26.9 Å². The summed E-state index contributed by atoms with van der Waals surface area (Å²) in [5, 5.41) is 2.61. The summed E-state index contributed by atoms with van der Waals surface area (Å²) in [4.78, 5) is 11.7. The smallest absolute Gasteiger partial charge is 0.233 e. The number of methoxy groups -OCH3 is 1. The molecule has 1 rings (SSSR count). The summed E-state index contributed by atoms with van der Waals surface area (Å²) >= 11 is 4.27. The van der Waals surface area contributed by atoms with E-state index in [0.717, 1.165) is 6.42 Å². The van der Waals surface area contributed by atoms with Gasteiger partial charge in [-0.3, -0.25) is 4.79 Å². The van der Waals surface area contributed by atoms with Gasteiger partial charge in [-0.2, -0.15) is 12.6 Å². The van der Waals surface area contributed by atoms with Gasteiger partial charge in [0.25, 0.3) is 0 Å². The Morgan fingerprint density at radius 2 is 2.31 bits per heavy atom. The highest BCUT2D eigenvalue weighted by Crippen LogP contribution is 2.21. The normalized spacial score (nSPS) is 27.1. The van der Waals surface area contributed by atoms with Crippen LogP contribution in [0.15, 0.2) is 0 Å². The predicted molar refractivity (Wildman–Crippen MR) is 65.8 cm³/mol. The zero-order chi connectivity index (χ0) is 12.2. The van der Waals surface area contributed by atoms with E-state index in [4.69, 9.17) is 9.47 Å². The number of rotatable bonds is 5. The van der Waals surface area contributed by atoms with Crippen LogP contribution in [0.2, 0.25) is 0 Å². The van der Waals surface area contributed by atoms with E-state index in [1.165, 1.54) is 0 Å². The first-order chi connectivity index (χ1) is 7.51. The first-order valence-electron chi connectivity index (χ1n) is 5.59. The summed E-state index contributed by atoms with van der Waals surface area (Å²) in [7, 11) is 1.65. The van der Waals surface area contributed by atoms with Crippen LogP contribution in [0.3, 0.4) is 0 Å². The first kappa shape index (κ1) is 13.8. The van der Waals surface area contributed by atoms with Crippen molar-refractivity contribution >= 4 is 18.5 Å². The van der Waals surface area contributed by atoms with E-state index < -0.39 is 0 Å². The van der Waals surface area contributed by atoms with Gasteiger partial charge in [-0.25, -0.2) is 0 Å². The maximum atomic E-state index is 11.7. The maximum absolute atomic E-state index is 11.7. The number of ether oxygens (including phenoxy) is 2. The summed E-state index contributed by atoms with van der Waals surface area (Å²) < 4.78 is 10.7. The molecular formula is C11H21NO3S. The molecule has 5 heteroatoms. The van der Waals surface area contributed by atoms with Gasteiger partial charge in [-0.15, -0.1) is 0 Å². The minimum atomic E-state index is -0.347. The van der Waals surface area contributed by atoms with Gasteiger partial charge >= 0.3 is 0 Å². The van der Waals surface area contributed by atoms with Crippen LogP contribution in [0.25, 0.3) is 0 Å². The average molecular weight is 247 g/mol. The SMILES string of the molecule is COC1(CNC(=O)C(S)C(C)C)CCOC1. The van der Waals surface area contributed by atoms with E-state index in [0.29, 0.717) is 19.8 Å². The highest BCUT2D eigenvalue weighted by Gasteiger charge is 2.35. The lowest BCUT2D eigenvalue weighted by molar-refractivity contribution is -0.122. The molecule has 1 amide bonds. The fourth-order valence-electron chi connectivity index (χ4n) is 1.62. The molecule has 0 aromatic heterocycles. The van der Waals surface area contributed by atoms with Crippen molar-refractivity contribution in [1.82, 2.24) is 5.32 Å². The van der Waals surface area contributed by atoms with Crippen LogP contribution in [0, 0.1) is 5.92 Å². The van der Waals surface area contributed by atoms with Crippen molar-refractivity contribution in [3.63, 3.8) is 0 Å². The van der Waals surface area contributed by atoms with Crippen LogP contribution in [0.5, 0.6) is 0 Å². The minimum absolute atomic E-state index is 0.0401. The number of hydrogen-bond donors (Lipinski definition) is 2. The quantitative estimate of drug-likeness (QED) is 0.709. The highest BCUT2D eigenvalue weighted by atomic mass is 32.1. The molecule has 1 aliphatic heterocycles. The number of carbonyl (C=O) groups excluding carboxylic acids is 1. The lowest BCUT2D eigenvalue weighted by atomic mass is 10.0. The van der Waals surface area contributed by atoms with Gasteiger partial charge in [0, 0.05) is 26.7 Å². The zero-order valence-electron chi connectivity index (χ0n) is 10.2. The molecule has 4 nitrogen and oxygen atoms in total. The topological polar surface area (TPSA) is 47.6 Å². The maximum Gasteiger partial charge on any atom is 0.233 e. The van der Waals surface area contributed by atoms with Gasteiger partial charge in [0.05, 0.1) is 11.9 Å². The van der Waals surface area contributed by atoms with Crippen molar-refractivity contribution in [1.29, 1.82) is 0 Å². The van der Waals surface area contributed by atoms with Crippen LogP contribution in [0.1, 0.15) is 20.3 Å². The summed E-state index contributed by atoms with van der Waals surface area (Å²) in [6.45, 7) is 5.68. The number of nitrogens with one attached hydrogen (secondary N) is 1. The lowest BCUT2D eigenvalue weighted by Gasteiger charge is -2.27. The van der Waals surface area contributed by atoms with E-state index >= 15 is 0 Å². The second-order valence-corrected chi connectivity index (χ2v) is 5.15. The summed E-state index contributed by atoms with van der Waals surface area (Å²) in [6, 6.07) is 0. The Hall–Kier alpha value is -0.260. The lowest BCUT2D eigenvalue weighted by Crippen LogP contribution is -2.47. The van der Waals surface area contributed by atoms with E-state index in [1.807, 2.05) is 13.8 Å². The Balaban J connectivity index is 2.41. The molecule has 94 valence electrons. The molecule has 1 fully saturated rings. The van der Waals surface area contributed by atoms with Crippen molar-refractivity contribution in [3.05, 3.63) is 0 Å². The second kappa shape index (κ2) is 5.89. The third-order valence-corrected chi connectivity index (χ3v) is 3.82. The Morgan fingerprint density at radius 1 is 1.62 bits per heavy atom. The van der Waals surface area contributed by atoms with Crippen molar-refractivity contribution in [2.24, 2.45) is 5.92 Å². The number of hydrogen-bond acceptors (Lipinski definition) is 4. The van der Waals surface area contributed by atoms with Crippen molar-refractivity contribution in [3.8, 4) is 0 Å². The van der Waals surface area contributed by atoms with Gasteiger partial charge in [-0.05, 0) is 5.92 Å². The van der Waals surface area contributed by atoms with E-state index in [2.05, 4.69) is 17.9 Å². The standard InChI is InChI=1S/C11H21NO3S/c1-8(2)9(16)10(13)12-6-11(14-3)4-5-15-7-11/h8-9,16H,4-7H2,1-3H3,(H,12,13). The van der Waals surface area contributed by atoms with E-state index in [-0.39, 0.29) is 22.7 Å². The summed E-state index contributed by atoms with van der Waals surface area (Å²) in [5.74, 6) is 0.184. The van der Waals surface area contributed by atoms with Crippen LogP contribution in [-0.2, 0) is 14.3 Å². The van der Waals surface area contributed by atoms with Gasteiger partial charge in [-0.1, -0.05) is 13.8 Å². The predicted octanol–water partition coefficient (Wildman–Crippen LogP) is 0.862. The van der Waals surface area contributed by atoms with Crippen LogP contribution < -0.4 is 5.32 Å². The highest BCUT2D eigenvalue weighted by molar-refractivity contribution is 7.81. The zero-order valence-corrected chi connectivity index (χ0v) is 11.0. The van der Waals surface area contributed by atoms with E-state index in [9.17, 15) is 4.79 Å². The molecule has 0 bridgehead atoms. The number of amides is 1. The van der Waals surface area contributed by atoms with Crippen LogP contribution in [0.4, 0.5) is 0 Å². The third kappa shape index (κ3) is 3.37. The molecule has 1 N–H and O–H groups in total. The Bertz CT molecular complexity index is 239. The van der Waals surface area contributed by atoms with E-state index in [1.54, 1.807) is 7.11 Å². The number of carbonyl (C=O) groups is 1. The fraction of sp³-hybridized carbons (Fsp3) is 0.909. The van der Waals surface area contributed by atoms with Gasteiger partial charge < -0.3 is 14.8 Å². The summed E-state index contributed by atoms with van der Waals surface area (Å²) in [5.41, 5.74) is -0.347. The van der Waals surface area contributed by atoms with Crippen LogP contribution >= 0.6 is 12.6 Å².